The molecule has 4 nitrogen and oxygen atoms in total. The number of carboxylic acids is 1. The fraction of sp³-hybridized carbons (Fsp3) is 0.450. The number of anilines is 1. The topological polar surface area (TPSA) is 69.6 Å². The maximum atomic E-state index is 11.0. The van der Waals surface area contributed by atoms with Gasteiger partial charge >= 0.3 is 5.97 Å². The Morgan fingerprint density at radius 2 is 1.89 bits per heavy atom. The fourth-order valence-electron chi connectivity index (χ4n) is 3.85. The van der Waals surface area contributed by atoms with Crippen molar-refractivity contribution in [2.24, 2.45) is 11.8 Å². The van der Waals surface area contributed by atoms with E-state index < -0.39 is 12.1 Å². The van der Waals surface area contributed by atoms with Crippen molar-refractivity contribution < 1.29 is 15.0 Å². The molecule has 28 heavy (non-hydrogen) atoms. The Balaban J connectivity index is 1.56. The summed E-state index contributed by atoms with van der Waals surface area (Å²) in [4.78, 5) is 12.4. The molecule has 8 heteroatoms. The van der Waals surface area contributed by atoms with E-state index >= 15 is 0 Å². The number of aryl methyl sites for hydroxylation is 1. The Morgan fingerprint density at radius 1 is 1.18 bits per heavy atom. The number of thiophene rings is 1. The summed E-state index contributed by atoms with van der Waals surface area (Å²) < 4.78 is 0. The third kappa shape index (κ3) is 5.55. The van der Waals surface area contributed by atoms with Gasteiger partial charge in [0.2, 0.25) is 0 Å². The second-order valence-electron chi connectivity index (χ2n) is 7.15. The molecular weight excluding hydrogens is 441 g/mol. The number of aromatic carboxylic acids is 1. The van der Waals surface area contributed by atoms with Gasteiger partial charge in [-0.2, -0.15) is 0 Å². The van der Waals surface area contributed by atoms with E-state index in [1.54, 1.807) is 24.3 Å². The zero-order chi connectivity index (χ0) is 20.3. The molecule has 0 aliphatic heterocycles. The molecule has 2 unspecified atom stereocenters. The molecule has 3 rings (SSSR count). The third-order valence-electron chi connectivity index (χ3n) is 5.21. The van der Waals surface area contributed by atoms with Crippen molar-refractivity contribution in [3.05, 3.63) is 50.1 Å². The summed E-state index contributed by atoms with van der Waals surface area (Å²) in [5, 5.41) is 23.9. The lowest BCUT2D eigenvalue weighted by Crippen LogP contribution is -2.28. The number of rotatable bonds is 8. The van der Waals surface area contributed by atoms with Crippen LogP contribution in [0.25, 0.3) is 0 Å². The van der Waals surface area contributed by atoms with Crippen LogP contribution < -0.4 is 5.32 Å². The van der Waals surface area contributed by atoms with Crippen molar-refractivity contribution in [2.75, 3.05) is 11.9 Å². The number of hydrogen-bond acceptors (Lipinski definition) is 4. The van der Waals surface area contributed by atoms with E-state index in [-0.39, 0.29) is 17.2 Å². The van der Waals surface area contributed by atoms with Gasteiger partial charge in [-0.25, -0.2) is 4.79 Å². The summed E-state index contributed by atoms with van der Waals surface area (Å²) in [6.07, 6.45) is 2.73. The summed E-state index contributed by atoms with van der Waals surface area (Å²) in [6.45, 7) is 0.591. The van der Waals surface area contributed by atoms with Gasteiger partial charge in [0, 0.05) is 38.4 Å². The van der Waals surface area contributed by atoms with Crippen LogP contribution in [-0.4, -0.2) is 34.2 Å². The second kappa shape index (κ2) is 9.68. The molecule has 4 atom stereocenters. The van der Waals surface area contributed by atoms with E-state index in [1.807, 2.05) is 6.07 Å². The van der Waals surface area contributed by atoms with Crippen molar-refractivity contribution in [1.82, 2.24) is 0 Å². The van der Waals surface area contributed by atoms with Crippen molar-refractivity contribution in [2.45, 2.75) is 37.2 Å². The van der Waals surface area contributed by atoms with Crippen LogP contribution >= 0.6 is 46.1 Å². The number of halogens is 3. The van der Waals surface area contributed by atoms with E-state index in [0.29, 0.717) is 27.9 Å². The normalized spacial score (nSPS) is 24.4. The largest absolute Gasteiger partial charge is 0.477 e. The molecule has 1 aromatic carbocycles. The molecule has 152 valence electrons. The molecule has 0 radical (unpaired) electrons. The van der Waals surface area contributed by atoms with Crippen LogP contribution in [-0.2, 0) is 6.42 Å². The molecule has 1 heterocycles. The first-order valence-electron chi connectivity index (χ1n) is 9.17. The molecule has 1 saturated carbocycles. The predicted molar refractivity (Wildman–Crippen MR) is 116 cm³/mol. The maximum absolute atomic E-state index is 11.0. The summed E-state index contributed by atoms with van der Waals surface area (Å²) in [7, 11) is 0. The molecule has 0 saturated heterocycles. The zero-order valence-electron chi connectivity index (χ0n) is 15.1. The van der Waals surface area contributed by atoms with Crippen LogP contribution in [0.15, 0.2) is 30.3 Å². The lowest BCUT2D eigenvalue weighted by Gasteiger charge is -2.24. The van der Waals surface area contributed by atoms with Crippen LogP contribution in [0.3, 0.4) is 0 Å². The van der Waals surface area contributed by atoms with Gasteiger partial charge in [-0.15, -0.1) is 22.9 Å². The molecule has 1 aromatic heterocycles. The van der Waals surface area contributed by atoms with Gasteiger partial charge in [0.15, 0.2) is 0 Å². The van der Waals surface area contributed by atoms with Crippen LogP contribution in [0.1, 0.15) is 33.8 Å². The number of aliphatic hydroxyl groups excluding tert-OH is 1. The Hall–Kier alpha value is -0.980. The molecule has 3 N–H and O–H groups in total. The Kier molecular flexibility index (Phi) is 7.51. The third-order valence-corrected chi connectivity index (χ3v) is 7.28. The van der Waals surface area contributed by atoms with E-state index in [1.165, 1.54) is 11.3 Å². The van der Waals surface area contributed by atoms with E-state index in [9.17, 15) is 9.90 Å². The van der Waals surface area contributed by atoms with Crippen molar-refractivity contribution >= 4 is 57.8 Å². The van der Waals surface area contributed by atoms with Gasteiger partial charge in [-0.05, 0) is 61.9 Å². The Bertz CT molecular complexity index is 809. The molecule has 1 aliphatic carbocycles. The molecule has 2 aromatic rings. The monoisotopic (exact) mass is 461 g/mol. The highest BCUT2D eigenvalue weighted by Crippen LogP contribution is 2.39. The molecule has 0 spiro atoms. The lowest BCUT2D eigenvalue weighted by atomic mass is 9.89. The van der Waals surface area contributed by atoms with Crippen LogP contribution in [0.4, 0.5) is 5.69 Å². The van der Waals surface area contributed by atoms with E-state index in [2.05, 4.69) is 5.32 Å². The smallest absolute Gasteiger partial charge is 0.345 e. The standard InChI is InChI=1S/C20H22Cl3NO3S/c21-11-6-12(22)8-13(7-11)24-10-16-15(17(23)9-18(16)25)3-1-2-14-4-5-19(28-14)20(26)27/h4-8,15-18,24-25H,1-3,9-10H2,(H,26,27)/t15?,16-,17?,18-/m1/s1. The van der Waals surface area contributed by atoms with Gasteiger partial charge in [0.05, 0.1) is 6.10 Å². The average Bonchev–Trinajstić information content (AvgIpc) is 3.18. The highest BCUT2D eigenvalue weighted by atomic mass is 35.5. The average molecular weight is 463 g/mol. The minimum atomic E-state index is -0.886. The number of benzene rings is 1. The molecule has 1 aliphatic rings. The highest BCUT2D eigenvalue weighted by Gasteiger charge is 2.40. The van der Waals surface area contributed by atoms with Crippen molar-refractivity contribution in [3.63, 3.8) is 0 Å². The van der Waals surface area contributed by atoms with Crippen molar-refractivity contribution in [1.29, 1.82) is 0 Å². The number of nitrogens with one attached hydrogen (secondary N) is 1. The van der Waals surface area contributed by atoms with Crippen LogP contribution in [0.2, 0.25) is 10.0 Å². The van der Waals surface area contributed by atoms with Gasteiger partial charge in [0.25, 0.3) is 0 Å². The van der Waals surface area contributed by atoms with Gasteiger partial charge < -0.3 is 15.5 Å². The van der Waals surface area contributed by atoms with Gasteiger partial charge in [0.1, 0.15) is 4.88 Å². The number of carboxylic acid groups (broad SMARTS) is 1. The molecule has 0 amide bonds. The lowest BCUT2D eigenvalue weighted by molar-refractivity contribution is 0.0702. The SMILES string of the molecule is O=C(O)c1ccc(CCCC2C(Cl)C[C@@H](O)[C@@H]2CNc2cc(Cl)cc(Cl)c2)s1. The van der Waals surface area contributed by atoms with Crippen molar-refractivity contribution in [3.8, 4) is 0 Å². The second-order valence-corrected chi connectivity index (χ2v) is 9.75. The summed E-state index contributed by atoms with van der Waals surface area (Å²) in [5.74, 6) is -0.654. The quantitative estimate of drug-likeness (QED) is 0.434. The molecule has 1 fully saturated rings. The molecule has 0 bridgehead atoms. The van der Waals surface area contributed by atoms with Crippen LogP contribution in [0, 0.1) is 11.8 Å². The number of alkyl halides is 1. The Morgan fingerprint density at radius 3 is 2.54 bits per heavy atom. The fourth-order valence-corrected chi connectivity index (χ4v) is 5.76. The van der Waals surface area contributed by atoms with Gasteiger partial charge in [-0.3, -0.25) is 0 Å². The maximum Gasteiger partial charge on any atom is 0.345 e. The van der Waals surface area contributed by atoms with Crippen LogP contribution in [0.5, 0.6) is 0 Å². The zero-order valence-corrected chi connectivity index (χ0v) is 18.2. The first-order chi connectivity index (χ1) is 13.3. The Labute approximate surface area is 183 Å². The molecular formula is C20H22Cl3NO3S. The minimum Gasteiger partial charge on any atom is -0.477 e. The first kappa shape index (κ1) is 21.7. The number of hydrogen-bond donors (Lipinski definition) is 3. The van der Waals surface area contributed by atoms with E-state index in [0.717, 1.165) is 29.8 Å². The van der Waals surface area contributed by atoms with Gasteiger partial charge in [-0.1, -0.05) is 23.2 Å². The number of carbonyl (C=O) groups is 1. The summed E-state index contributed by atoms with van der Waals surface area (Å²) >= 11 is 19.9. The highest BCUT2D eigenvalue weighted by molar-refractivity contribution is 7.13. The predicted octanol–water partition coefficient (Wildman–Crippen LogP) is 5.79. The van der Waals surface area contributed by atoms with E-state index in [4.69, 9.17) is 39.9 Å². The number of aliphatic hydroxyl groups is 1. The minimum absolute atomic E-state index is 0.0400. The first-order valence-corrected chi connectivity index (χ1v) is 11.2. The summed E-state index contributed by atoms with van der Waals surface area (Å²) in [6, 6.07) is 8.81. The summed E-state index contributed by atoms with van der Waals surface area (Å²) in [5.41, 5.74) is 0.821.